The van der Waals surface area contributed by atoms with Gasteiger partial charge in [0.15, 0.2) is 0 Å². The highest BCUT2D eigenvalue weighted by Gasteiger charge is 2.40. The van der Waals surface area contributed by atoms with Crippen molar-refractivity contribution in [1.82, 2.24) is 0 Å². The van der Waals surface area contributed by atoms with Crippen LogP contribution in [0.15, 0.2) is 72.4 Å². The quantitative estimate of drug-likeness (QED) is 0.331. The van der Waals surface area contributed by atoms with Gasteiger partial charge in [-0.2, -0.15) is 0 Å². The molecular formula is C23H15ClFN3O4. The van der Waals surface area contributed by atoms with Gasteiger partial charge in [0.25, 0.3) is 17.5 Å². The molecular weight excluding hydrogens is 437 g/mol. The number of nitrogens with zero attached hydrogens (tertiary/aromatic N) is 2. The lowest BCUT2D eigenvalue weighted by Crippen LogP contribution is -2.32. The largest absolute Gasteiger partial charge is 0.350 e. The molecule has 9 heteroatoms. The van der Waals surface area contributed by atoms with E-state index in [9.17, 15) is 24.1 Å². The van der Waals surface area contributed by atoms with E-state index in [1.54, 1.807) is 18.2 Å². The number of rotatable bonds is 5. The first-order chi connectivity index (χ1) is 15.3. The van der Waals surface area contributed by atoms with E-state index in [1.165, 1.54) is 36.4 Å². The average Bonchev–Trinajstić information content (AvgIpc) is 3.01. The highest BCUT2D eigenvalue weighted by atomic mass is 35.5. The molecule has 0 saturated carbocycles. The van der Waals surface area contributed by atoms with Crippen molar-refractivity contribution in [1.29, 1.82) is 0 Å². The van der Waals surface area contributed by atoms with E-state index in [2.05, 4.69) is 5.32 Å². The summed E-state index contributed by atoms with van der Waals surface area (Å²) in [6.07, 6.45) is 0. The van der Waals surface area contributed by atoms with Crippen LogP contribution >= 0.6 is 11.6 Å². The number of hydrogen-bond donors (Lipinski definition) is 1. The summed E-state index contributed by atoms with van der Waals surface area (Å²) in [5.41, 5.74) is 1.69. The summed E-state index contributed by atoms with van der Waals surface area (Å²) in [4.78, 5) is 38.0. The molecule has 0 radical (unpaired) electrons. The molecule has 0 atom stereocenters. The lowest BCUT2D eigenvalue weighted by Gasteiger charge is -2.15. The number of imide groups is 1. The summed E-state index contributed by atoms with van der Waals surface area (Å²) in [7, 11) is 0. The van der Waals surface area contributed by atoms with Crippen molar-refractivity contribution in [2.24, 2.45) is 0 Å². The smallest absolute Gasteiger partial charge is 0.282 e. The van der Waals surface area contributed by atoms with E-state index in [4.69, 9.17) is 11.6 Å². The minimum absolute atomic E-state index is 0.0152. The van der Waals surface area contributed by atoms with Gasteiger partial charge in [-0.1, -0.05) is 17.7 Å². The van der Waals surface area contributed by atoms with E-state index in [-0.39, 0.29) is 22.6 Å². The van der Waals surface area contributed by atoms with Crippen LogP contribution in [-0.4, -0.2) is 16.7 Å². The Morgan fingerprint density at radius 1 is 0.969 bits per heavy atom. The number of anilines is 2. The monoisotopic (exact) mass is 451 g/mol. The van der Waals surface area contributed by atoms with Crippen molar-refractivity contribution in [3.63, 3.8) is 0 Å². The molecule has 3 aromatic carbocycles. The van der Waals surface area contributed by atoms with Gasteiger partial charge in [-0.3, -0.25) is 19.7 Å². The van der Waals surface area contributed by atoms with Crippen molar-refractivity contribution in [2.45, 2.75) is 6.92 Å². The standard InChI is InChI=1S/C23H15ClFN3O4/c1-13-2-5-15(24)12-19(13)26-21-20(14-3-8-18(9-4-14)28(31)32)22(29)27(23(21)30)17-10-6-16(25)7-11-17/h2-12,26H,1H3. The second-order valence-electron chi connectivity index (χ2n) is 7.06. The number of amides is 2. The third kappa shape index (κ3) is 3.83. The van der Waals surface area contributed by atoms with Gasteiger partial charge < -0.3 is 5.32 Å². The zero-order valence-corrected chi connectivity index (χ0v) is 17.4. The fourth-order valence-corrected chi connectivity index (χ4v) is 3.52. The average molecular weight is 452 g/mol. The molecule has 0 saturated heterocycles. The van der Waals surface area contributed by atoms with Gasteiger partial charge in [-0.25, -0.2) is 9.29 Å². The second-order valence-corrected chi connectivity index (χ2v) is 7.50. The summed E-state index contributed by atoms with van der Waals surface area (Å²) in [5.74, 6) is -1.80. The van der Waals surface area contributed by atoms with Crippen LogP contribution in [0.3, 0.4) is 0 Å². The maximum absolute atomic E-state index is 13.4. The molecule has 4 rings (SSSR count). The van der Waals surface area contributed by atoms with E-state index < -0.39 is 22.6 Å². The topological polar surface area (TPSA) is 92.6 Å². The molecule has 0 unspecified atom stereocenters. The molecule has 2 amide bonds. The Hall–Kier alpha value is -4.04. The number of nitro groups is 1. The predicted octanol–water partition coefficient (Wildman–Crippen LogP) is 5.09. The Balaban J connectivity index is 1.84. The van der Waals surface area contributed by atoms with Gasteiger partial charge in [-0.15, -0.1) is 0 Å². The molecule has 1 N–H and O–H groups in total. The lowest BCUT2D eigenvalue weighted by molar-refractivity contribution is -0.384. The molecule has 7 nitrogen and oxygen atoms in total. The number of benzene rings is 3. The van der Waals surface area contributed by atoms with Crippen LogP contribution in [0.4, 0.5) is 21.5 Å². The van der Waals surface area contributed by atoms with Gasteiger partial charge in [0.2, 0.25) is 0 Å². The van der Waals surface area contributed by atoms with Crippen LogP contribution in [0.5, 0.6) is 0 Å². The maximum atomic E-state index is 13.4. The van der Waals surface area contributed by atoms with Crippen molar-refractivity contribution >= 4 is 46.1 Å². The fraction of sp³-hybridized carbons (Fsp3) is 0.0435. The SMILES string of the molecule is Cc1ccc(Cl)cc1NC1=C(c2ccc([N+](=O)[O-])cc2)C(=O)N(c2ccc(F)cc2)C1=O. The second kappa shape index (κ2) is 8.24. The third-order valence-corrected chi connectivity index (χ3v) is 5.23. The van der Waals surface area contributed by atoms with Gasteiger partial charge in [0.05, 0.1) is 16.2 Å². The van der Waals surface area contributed by atoms with Gasteiger partial charge >= 0.3 is 0 Å². The van der Waals surface area contributed by atoms with E-state index >= 15 is 0 Å². The van der Waals surface area contributed by atoms with Crippen LogP contribution in [0.1, 0.15) is 11.1 Å². The number of carbonyl (C=O) groups is 2. The zero-order valence-electron chi connectivity index (χ0n) is 16.6. The van der Waals surface area contributed by atoms with Crippen LogP contribution < -0.4 is 10.2 Å². The summed E-state index contributed by atoms with van der Waals surface area (Å²) in [5, 5.41) is 14.4. The van der Waals surface area contributed by atoms with Crippen molar-refractivity contribution < 1.29 is 18.9 Å². The maximum Gasteiger partial charge on any atom is 0.282 e. The fourth-order valence-electron chi connectivity index (χ4n) is 3.35. The normalized spacial score (nSPS) is 13.7. The molecule has 1 aliphatic rings. The van der Waals surface area contributed by atoms with Crippen molar-refractivity contribution in [3.05, 3.63) is 105 Å². The third-order valence-electron chi connectivity index (χ3n) is 4.99. The first kappa shape index (κ1) is 21.2. The Labute approximate surface area is 186 Å². The highest BCUT2D eigenvalue weighted by molar-refractivity contribution is 6.46. The number of nitro benzene ring substituents is 1. The molecule has 1 heterocycles. The van der Waals surface area contributed by atoms with E-state index in [0.717, 1.165) is 22.6 Å². The molecule has 160 valence electrons. The number of nitrogens with one attached hydrogen (secondary N) is 1. The van der Waals surface area contributed by atoms with Gasteiger partial charge in [-0.05, 0) is 66.6 Å². The zero-order chi connectivity index (χ0) is 23.0. The van der Waals surface area contributed by atoms with Crippen LogP contribution in [0.2, 0.25) is 5.02 Å². The van der Waals surface area contributed by atoms with Crippen LogP contribution in [0, 0.1) is 22.9 Å². The number of halogens is 2. The van der Waals surface area contributed by atoms with Crippen LogP contribution in [0.25, 0.3) is 5.57 Å². The number of hydrogen-bond acceptors (Lipinski definition) is 5. The van der Waals surface area contributed by atoms with Crippen molar-refractivity contribution in [3.8, 4) is 0 Å². The summed E-state index contributed by atoms with van der Waals surface area (Å²) < 4.78 is 13.4. The Morgan fingerprint density at radius 3 is 2.25 bits per heavy atom. The van der Waals surface area contributed by atoms with E-state index in [1.807, 2.05) is 6.92 Å². The first-order valence-corrected chi connectivity index (χ1v) is 9.80. The predicted molar refractivity (Wildman–Crippen MR) is 119 cm³/mol. The molecule has 0 aliphatic carbocycles. The Morgan fingerprint density at radius 2 is 1.62 bits per heavy atom. The summed E-state index contributed by atoms with van der Waals surface area (Å²) >= 11 is 6.09. The molecule has 0 aromatic heterocycles. The number of non-ortho nitro benzene ring substituents is 1. The molecule has 3 aromatic rings. The first-order valence-electron chi connectivity index (χ1n) is 9.43. The minimum Gasteiger partial charge on any atom is -0.350 e. The molecule has 1 aliphatic heterocycles. The number of carbonyl (C=O) groups excluding carboxylic acids is 2. The Bertz CT molecular complexity index is 1290. The Kier molecular flexibility index (Phi) is 5.46. The van der Waals surface area contributed by atoms with Gasteiger partial charge in [0, 0.05) is 22.8 Å². The van der Waals surface area contributed by atoms with Crippen LogP contribution in [-0.2, 0) is 9.59 Å². The highest BCUT2D eigenvalue weighted by Crippen LogP contribution is 2.35. The minimum atomic E-state index is -0.644. The number of aryl methyl sites for hydroxylation is 1. The van der Waals surface area contributed by atoms with Crippen molar-refractivity contribution in [2.75, 3.05) is 10.2 Å². The summed E-state index contributed by atoms with van der Waals surface area (Å²) in [6.45, 7) is 1.81. The molecule has 32 heavy (non-hydrogen) atoms. The van der Waals surface area contributed by atoms with E-state index in [0.29, 0.717) is 16.3 Å². The molecule has 0 spiro atoms. The molecule has 0 fully saturated rings. The lowest BCUT2D eigenvalue weighted by atomic mass is 10.0. The van der Waals surface area contributed by atoms with Gasteiger partial charge in [0.1, 0.15) is 11.5 Å². The molecule has 0 bridgehead atoms. The summed E-state index contributed by atoms with van der Waals surface area (Å²) in [6, 6.07) is 15.3.